The highest BCUT2D eigenvalue weighted by Crippen LogP contribution is 2.21. The third kappa shape index (κ3) is 2.13. The van der Waals surface area contributed by atoms with E-state index in [1.54, 1.807) is 12.1 Å². The Bertz CT molecular complexity index is 499. The molecule has 2 aromatic rings. The Morgan fingerprint density at radius 2 is 1.19 bits per heavy atom. The monoisotopic (exact) mass is 250 g/mol. The molecule has 0 radical (unpaired) electrons. The van der Waals surface area contributed by atoms with E-state index in [4.69, 9.17) is 0 Å². The first-order valence-electron chi connectivity index (χ1n) is 4.80. The Labute approximate surface area is 102 Å². The highest BCUT2D eigenvalue weighted by molar-refractivity contribution is 7.17. The summed E-state index contributed by atoms with van der Waals surface area (Å²) >= 11 is 2.72. The molecule has 0 atom stereocenters. The van der Waals surface area contributed by atoms with Crippen LogP contribution in [0.25, 0.3) is 0 Å². The molecule has 82 valence electrons. The van der Waals surface area contributed by atoms with Crippen LogP contribution in [0.4, 0.5) is 0 Å². The predicted octanol–water partition coefficient (Wildman–Crippen LogP) is 3.49. The standard InChI is InChI=1S/C12H10O2S2/c1-7-3-5-9(15-7)11(13)12(14)10-6-4-8(2)16-10/h3-6H,1-2H3. The molecule has 2 rings (SSSR count). The zero-order valence-electron chi connectivity index (χ0n) is 8.94. The van der Waals surface area contributed by atoms with Crippen molar-refractivity contribution in [3.63, 3.8) is 0 Å². The number of carbonyl (C=O) groups is 2. The number of aryl methyl sites for hydroxylation is 2. The lowest BCUT2D eigenvalue weighted by Crippen LogP contribution is -2.11. The molecule has 0 saturated heterocycles. The number of Topliss-reactive ketones (excluding diaryl/α,β-unsaturated/α-hetero) is 2. The van der Waals surface area contributed by atoms with E-state index < -0.39 is 11.6 Å². The van der Waals surface area contributed by atoms with Gasteiger partial charge in [0.15, 0.2) is 0 Å². The van der Waals surface area contributed by atoms with E-state index >= 15 is 0 Å². The fourth-order valence-corrected chi connectivity index (χ4v) is 2.95. The molecule has 0 bridgehead atoms. The SMILES string of the molecule is Cc1ccc(C(=O)C(=O)c2ccc(C)s2)s1. The predicted molar refractivity (Wildman–Crippen MR) is 66.8 cm³/mol. The minimum atomic E-state index is -0.403. The molecule has 0 aliphatic rings. The second-order valence-electron chi connectivity index (χ2n) is 3.48. The number of hydrogen-bond donors (Lipinski definition) is 0. The Balaban J connectivity index is 2.26. The molecule has 0 amide bonds. The lowest BCUT2D eigenvalue weighted by atomic mass is 10.2. The van der Waals surface area contributed by atoms with Crippen LogP contribution in [0, 0.1) is 13.8 Å². The second kappa shape index (κ2) is 4.31. The van der Waals surface area contributed by atoms with Crippen molar-refractivity contribution >= 4 is 34.2 Å². The zero-order chi connectivity index (χ0) is 11.7. The smallest absolute Gasteiger partial charge is 0.244 e. The van der Waals surface area contributed by atoms with Crippen LogP contribution in [0.5, 0.6) is 0 Å². The van der Waals surface area contributed by atoms with Crippen molar-refractivity contribution in [2.75, 3.05) is 0 Å². The highest BCUT2D eigenvalue weighted by Gasteiger charge is 2.20. The van der Waals surface area contributed by atoms with Crippen LogP contribution in [-0.4, -0.2) is 11.6 Å². The minimum absolute atomic E-state index is 0.403. The molecule has 4 heteroatoms. The third-order valence-electron chi connectivity index (χ3n) is 2.13. The first-order valence-corrected chi connectivity index (χ1v) is 6.43. The average Bonchev–Trinajstić information content (AvgIpc) is 2.85. The van der Waals surface area contributed by atoms with Crippen LogP contribution in [0.1, 0.15) is 29.1 Å². The van der Waals surface area contributed by atoms with Crippen LogP contribution in [-0.2, 0) is 0 Å². The first kappa shape index (κ1) is 11.2. The minimum Gasteiger partial charge on any atom is -0.284 e. The summed E-state index contributed by atoms with van der Waals surface area (Å²) in [7, 11) is 0. The Morgan fingerprint density at radius 3 is 1.44 bits per heavy atom. The molecule has 0 unspecified atom stereocenters. The molecule has 0 saturated carbocycles. The number of hydrogen-bond acceptors (Lipinski definition) is 4. The summed E-state index contributed by atoms with van der Waals surface area (Å²) in [5.74, 6) is -0.806. The van der Waals surface area contributed by atoms with E-state index in [1.807, 2.05) is 26.0 Å². The van der Waals surface area contributed by atoms with Gasteiger partial charge >= 0.3 is 0 Å². The third-order valence-corrected chi connectivity index (χ3v) is 4.13. The molecule has 0 fully saturated rings. The van der Waals surface area contributed by atoms with Gasteiger partial charge in [0.1, 0.15) is 0 Å². The molecule has 2 heterocycles. The number of thiophene rings is 2. The van der Waals surface area contributed by atoms with E-state index in [0.717, 1.165) is 9.75 Å². The Morgan fingerprint density at radius 1 is 0.812 bits per heavy atom. The molecule has 0 aromatic carbocycles. The lowest BCUT2D eigenvalue weighted by molar-refractivity contribution is 0.0821. The van der Waals surface area contributed by atoms with Crippen molar-refractivity contribution < 1.29 is 9.59 Å². The van der Waals surface area contributed by atoms with Crippen LogP contribution in [0.15, 0.2) is 24.3 Å². The van der Waals surface area contributed by atoms with Gasteiger partial charge in [0.05, 0.1) is 9.75 Å². The molecule has 0 aliphatic heterocycles. The molecule has 0 N–H and O–H groups in total. The van der Waals surface area contributed by atoms with Crippen molar-refractivity contribution in [1.29, 1.82) is 0 Å². The van der Waals surface area contributed by atoms with E-state index in [2.05, 4.69) is 0 Å². The van der Waals surface area contributed by atoms with Gasteiger partial charge in [-0.3, -0.25) is 9.59 Å². The largest absolute Gasteiger partial charge is 0.284 e. The highest BCUT2D eigenvalue weighted by atomic mass is 32.1. The maximum Gasteiger partial charge on any atom is 0.244 e. The number of ketones is 2. The van der Waals surface area contributed by atoms with Crippen LogP contribution < -0.4 is 0 Å². The average molecular weight is 250 g/mol. The lowest BCUT2D eigenvalue weighted by Gasteiger charge is -1.93. The van der Waals surface area contributed by atoms with Gasteiger partial charge in [0.2, 0.25) is 11.6 Å². The number of rotatable bonds is 3. The summed E-state index contributed by atoms with van der Waals surface area (Å²) < 4.78 is 0. The molecule has 2 aromatic heterocycles. The molecule has 0 aliphatic carbocycles. The van der Waals surface area contributed by atoms with Gasteiger partial charge in [0.25, 0.3) is 0 Å². The summed E-state index contributed by atoms with van der Waals surface area (Å²) in [6, 6.07) is 7.12. The molecular weight excluding hydrogens is 240 g/mol. The fourth-order valence-electron chi connectivity index (χ4n) is 1.34. The summed E-state index contributed by atoms with van der Waals surface area (Å²) in [6.07, 6.45) is 0. The van der Waals surface area contributed by atoms with Gasteiger partial charge in [-0.25, -0.2) is 0 Å². The molecule has 0 spiro atoms. The summed E-state index contributed by atoms with van der Waals surface area (Å²) in [6.45, 7) is 3.84. The van der Waals surface area contributed by atoms with Crippen molar-refractivity contribution in [2.45, 2.75) is 13.8 Å². The molecule has 2 nitrogen and oxygen atoms in total. The van der Waals surface area contributed by atoms with E-state index in [9.17, 15) is 9.59 Å². The van der Waals surface area contributed by atoms with Crippen LogP contribution in [0.3, 0.4) is 0 Å². The maximum atomic E-state index is 11.8. The van der Waals surface area contributed by atoms with Gasteiger partial charge in [-0.2, -0.15) is 0 Å². The van der Waals surface area contributed by atoms with E-state index in [-0.39, 0.29) is 0 Å². The Kier molecular flexibility index (Phi) is 3.03. The van der Waals surface area contributed by atoms with E-state index in [0.29, 0.717) is 9.75 Å². The van der Waals surface area contributed by atoms with Crippen molar-refractivity contribution in [3.05, 3.63) is 43.8 Å². The maximum absolute atomic E-state index is 11.8. The fraction of sp³-hybridized carbons (Fsp3) is 0.167. The topological polar surface area (TPSA) is 34.1 Å². The van der Waals surface area contributed by atoms with Crippen molar-refractivity contribution in [2.24, 2.45) is 0 Å². The van der Waals surface area contributed by atoms with Gasteiger partial charge in [-0.1, -0.05) is 0 Å². The first-order chi connectivity index (χ1) is 7.58. The van der Waals surface area contributed by atoms with Crippen molar-refractivity contribution in [1.82, 2.24) is 0 Å². The zero-order valence-corrected chi connectivity index (χ0v) is 10.6. The summed E-state index contributed by atoms with van der Waals surface area (Å²) in [4.78, 5) is 26.8. The van der Waals surface area contributed by atoms with Crippen molar-refractivity contribution in [3.8, 4) is 0 Å². The number of carbonyl (C=O) groups excluding carboxylic acids is 2. The van der Waals surface area contributed by atoms with Crippen LogP contribution >= 0.6 is 22.7 Å². The van der Waals surface area contributed by atoms with Gasteiger partial charge in [-0.05, 0) is 38.1 Å². The van der Waals surface area contributed by atoms with Gasteiger partial charge in [-0.15, -0.1) is 22.7 Å². The summed E-state index contributed by atoms with van der Waals surface area (Å²) in [5, 5.41) is 0. The molecular formula is C12H10O2S2. The normalized spacial score (nSPS) is 10.4. The van der Waals surface area contributed by atoms with Gasteiger partial charge in [0, 0.05) is 9.75 Å². The quantitative estimate of drug-likeness (QED) is 0.617. The van der Waals surface area contributed by atoms with E-state index in [1.165, 1.54) is 22.7 Å². The summed E-state index contributed by atoms with van der Waals surface area (Å²) in [5.41, 5.74) is 0. The van der Waals surface area contributed by atoms with Gasteiger partial charge < -0.3 is 0 Å². The molecule has 16 heavy (non-hydrogen) atoms. The second-order valence-corrected chi connectivity index (χ2v) is 6.05. The van der Waals surface area contributed by atoms with Crippen LogP contribution in [0.2, 0.25) is 0 Å². The Hall–Kier alpha value is -1.26.